The zero-order valence-electron chi connectivity index (χ0n) is 7.54. The van der Waals surface area contributed by atoms with Gasteiger partial charge in [0.2, 0.25) is 0 Å². The highest BCUT2D eigenvalue weighted by atomic mass is 35.5. The number of rotatable bonds is 2. The van der Waals surface area contributed by atoms with Crippen molar-refractivity contribution in [2.75, 3.05) is 7.11 Å². The monoisotopic (exact) mass is 201 g/mol. The van der Waals surface area contributed by atoms with Crippen molar-refractivity contribution in [3.05, 3.63) is 22.7 Å². The molecular weight excluding hydrogens is 190 g/mol. The second-order valence-electron chi connectivity index (χ2n) is 2.83. The lowest BCUT2D eigenvalue weighted by molar-refractivity contribution is 0.372. The van der Waals surface area contributed by atoms with Crippen LogP contribution in [0.4, 0.5) is 0 Å². The summed E-state index contributed by atoms with van der Waals surface area (Å²) in [5.41, 5.74) is 6.43. The molecule has 0 heterocycles. The van der Waals surface area contributed by atoms with Crippen LogP contribution in [0.15, 0.2) is 12.1 Å². The van der Waals surface area contributed by atoms with Gasteiger partial charge in [-0.15, -0.1) is 0 Å². The Morgan fingerprint density at radius 3 is 2.62 bits per heavy atom. The van der Waals surface area contributed by atoms with Gasteiger partial charge >= 0.3 is 0 Å². The molecule has 1 aromatic rings. The quantitative estimate of drug-likeness (QED) is 0.770. The minimum absolute atomic E-state index is 0.0249. The number of halogens is 1. The molecule has 0 aliphatic heterocycles. The fourth-order valence-corrected chi connectivity index (χ4v) is 1.40. The zero-order valence-corrected chi connectivity index (χ0v) is 8.30. The van der Waals surface area contributed by atoms with Crippen LogP contribution in [0, 0.1) is 0 Å². The molecule has 0 aliphatic carbocycles. The van der Waals surface area contributed by atoms with Crippen LogP contribution >= 0.6 is 11.6 Å². The molecule has 0 amide bonds. The fourth-order valence-electron chi connectivity index (χ4n) is 1.07. The van der Waals surface area contributed by atoms with Gasteiger partial charge in [-0.1, -0.05) is 11.6 Å². The summed E-state index contributed by atoms with van der Waals surface area (Å²) in [4.78, 5) is 0. The zero-order chi connectivity index (χ0) is 10.0. The van der Waals surface area contributed by atoms with Crippen LogP contribution in [0.5, 0.6) is 11.5 Å². The van der Waals surface area contributed by atoms with Crippen LogP contribution < -0.4 is 10.5 Å². The van der Waals surface area contributed by atoms with Crippen molar-refractivity contribution < 1.29 is 9.84 Å². The molecule has 0 radical (unpaired) electrons. The van der Waals surface area contributed by atoms with Gasteiger partial charge in [-0.2, -0.15) is 0 Å². The Balaban J connectivity index is 3.22. The van der Waals surface area contributed by atoms with E-state index in [4.69, 9.17) is 22.1 Å². The highest BCUT2D eigenvalue weighted by Gasteiger charge is 2.10. The van der Waals surface area contributed by atoms with Crippen LogP contribution in [0.25, 0.3) is 0 Å². The summed E-state index contributed by atoms with van der Waals surface area (Å²) in [6.07, 6.45) is 0. The van der Waals surface area contributed by atoms with Gasteiger partial charge in [-0.05, 0) is 18.6 Å². The largest absolute Gasteiger partial charge is 0.504 e. The lowest BCUT2D eigenvalue weighted by Crippen LogP contribution is -2.05. The SMILES string of the molecule is COc1cc(C(C)N)c(Cl)cc1O. The highest BCUT2D eigenvalue weighted by molar-refractivity contribution is 6.31. The van der Waals surface area contributed by atoms with Crippen LogP contribution in [-0.2, 0) is 0 Å². The third-order valence-corrected chi connectivity index (χ3v) is 2.12. The van der Waals surface area contributed by atoms with Gasteiger partial charge in [0, 0.05) is 17.1 Å². The number of ether oxygens (including phenoxy) is 1. The Hall–Kier alpha value is -0.930. The van der Waals surface area contributed by atoms with Crippen LogP contribution in [0.3, 0.4) is 0 Å². The molecule has 1 rings (SSSR count). The molecule has 3 N–H and O–H groups in total. The van der Waals surface area contributed by atoms with Crippen molar-refractivity contribution in [1.82, 2.24) is 0 Å². The van der Waals surface area contributed by atoms with Crippen LogP contribution in [0.2, 0.25) is 5.02 Å². The standard InChI is InChI=1S/C9H12ClNO2/c1-5(11)6-3-9(13-2)8(12)4-7(6)10/h3-5,12H,11H2,1-2H3. The van der Waals surface area contributed by atoms with E-state index in [0.717, 1.165) is 5.56 Å². The maximum atomic E-state index is 9.35. The third kappa shape index (κ3) is 2.05. The molecule has 1 atom stereocenters. The lowest BCUT2D eigenvalue weighted by Gasteiger charge is -2.11. The Morgan fingerprint density at radius 2 is 2.15 bits per heavy atom. The predicted molar refractivity (Wildman–Crippen MR) is 52.3 cm³/mol. The van der Waals surface area contributed by atoms with Gasteiger partial charge in [-0.25, -0.2) is 0 Å². The summed E-state index contributed by atoms with van der Waals surface area (Å²) in [5.74, 6) is 0.411. The van der Waals surface area contributed by atoms with E-state index < -0.39 is 0 Å². The van der Waals surface area contributed by atoms with E-state index in [1.807, 2.05) is 6.92 Å². The molecule has 0 aliphatic rings. The summed E-state index contributed by atoms with van der Waals surface area (Å²) in [6.45, 7) is 1.82. The first-order valence-corrected chi connectivity index (χ1v) is 4.26. The predicted octanol–water partition coefficient (Wildman–Crippen LogP) is 2.07. The molecule has 4 heteroatoms. The molecule has 72 valence electrons. The molecule has 0 spiro atoms. The van der Waals surface area contributed by atoms with Crippen molar-refractivity contribution >= 4 is 11.6 Å². The van der Waals surface area contributed by atoms with E-state index >= 15 is 0 Å². The minimum atomic E-state index is -0.179. The maximum absolute atomic E-state index is 9.35. The van der Waals surface area contributed by atoms with Crippen molar-refractivity contribution in [1.29, 1.82) is 0 Å². The second kappa shape index (κ2) is 3.85. The molecule has 0 bridgehead atoms. The van der Waals surface area contributed by atoms with Gasteiger partial charge in [0.25, 0.3) is 0 Å². The van der Waals surface area contributed by atoms with Crippen molar-refractivity contribution in [2.45, 2.75) is 13.0 Å². The first kappa shape index (κ1) is 10.2. The third-order valence-electron chi connectivity index (χ3n) is 1.79. The van der Waals surface area contributed by atoms with Crippen LogP contribution in [0.1, 0.15) is 18.5 Å². The van der Waals surface area contributed by atoms with Crippen molar-refractivity contribution in [3.63, 3.8) is 0 Å². The molecule has 3 nitrogen and oxygen atoms in total. The highest BCUT2D eigenvalue weighted by Crippen LogP contribution is 2.34. The molecule has 1 aromatic carbocycles. The molecule has 0 fully saturated rings. The number of methoxy groups -OCH3 is 1. The first-order chi connectivity index (χ1) is 6.06. The number of phenols is 1. The summed E-state index contributed by atoms with van der Waals surface area (Å²) >= 11 is 5.86. The van der Waals surface area contributed by atoms with E-state index in [9.17, 15) is 5.11 Å². The molecule has 0 aromatic heterocycles. The average molecular weight is 202 g/mol. The van der Waals surface area contributed by atoms with Crippen LogP contribution in [-0.4, -0.2) is 12.2 Å². The second-order valence-corrected chi connectivity index (χ2v) is 3.24. The number of hydrogen-bond acceptors (Lipinski definition) is 3. The fraction of sp³-hybridized carbons (Fsp3) is 0.333. The minimum Gasteiger partial charge on any atom is -0.504 e. The van der Waals surface area contributed by atoms with E-state index in [1.165, 1.54) is 13.2 Å². The van der Waals surface area contributed by atoms with E-state index in [1.54, 1.807) is 6.07 Å². The molecular formula is C9H12ClNO2. The normalized spacial score (nSPS) is 12.6. The van der Waals surface area contributed by atoms with Gasteiger partial charge in [0.15, 0.2) is 11.5 Å². The summed E-state index contributed by atoms with van der Waals surface area (Å²) < 4.78 is 4.93. The summed E-state index contributed by atoms with van der Waals surface area (Å²) in [5, 5.41) is 9.80. The Kier molecular flexibility index (Phi) is 3.01. The number of nitrogens with two attached hydrogens (primary N) is 1. The van der Waals surface area contributed by atoms with E-state index in [2.05, 4.69) is 0 Å². The Labute approximate surface area is 82.1 Å². The topological polar surface area (TPSA) is 55.5 Å². The van der Waals surface area contributed by atoms with Gasteiger partial charge in [0.1, 0.15) is 0 Å². The molecule has 0 saturated carbocycles. The van der Waals surface area contributed by atoms with Gasteiger partial charge in [0.05, 0.1) is 7.11 Å². The summed E-state index contributed by atoms with van der Waals surface area (Å²) in [7, 11) is 1.48. The van der Waals surface area contributed by atoms with E-state index in [0.29, 0.717) is 10.8 Å². The lowest BCUT2D eigenvalue weighted by atomic mass is 10.1. The Morgan fingerprint density at radius 1 is 1.54 bits per heavy atom. The molecule has 1 unspecified atom stereocenters. The number of hydrogen-bond donors (Lipinski definition) is 2. The first-order valence-electron chi connectivity index (χ1n) is 3.88. The van der Waals surface area contributed by atoms with E-state index in [-0.39, 0.29) is 11.8 Å². The molecule has 13 heavy (non-hydrogen) atoms. The van der Waals surface area contributed by atoms with Crippen molar-refractivity contribution in [3.8, 4) is 11.5 Å². The van der Waals surface area contributed by atoms with Gasteiger partial charge < -0.3 is 15.6 Å². The smallest absolute Gasteiger partial charge is 0.160 e. The molecule has 0 saturated heterocycles. The number of benzene rings is 1. The Bertz CT molecular complexity index is 313. The maximum Gasteiger partial charge on any atom is 0.160 e. The summed E-state index contributed by atoms with van der Waals surface area (Å²) in [6, 6.07) is 2.89. The average Bonchev–Trinajstić information content (AvgIpc) is 2.03. The number of phenolic OH excluding ortho intramolecular Hbond substituents is 1. The van der Waals surface area contributed by atoms with Crippen molar-refractivity contribution in [2.24, 2.45) is 5.73 Å². The number of aromatic hydroxyl groups is 1. The van der Waals surface area contributed by atoms with Gasteiger partial charge in [-0.3, -0.25) is 0 Å².